The van der Waals surface area contributed by atoms with Gasteiger partial charge in [-0.3, -0.25) is 10.1 Å². The Labute approximate surface area is 118 Å². The average molecular weight is 272 g/mol. The molecule has 1 fully saturated rings. The van der Waals surface area contributed by atoms with Gasteiger partial charge in [0.1, 0.15) is 5.82 Å². The summed E-state index contributed by atoms with van der Waals surface area (Å²) in [5.41, 5.74) is 1.19. The smallest absolute Gasteiger partial charge is 0.244 e. The zero-order chi connectivity index (χ0) is 13.8. The van der Waals surface area contributed by atoms with Crippen LogP contribution < -0.4 is 10.2 Å². The van der Waals surface area contributed by atoms with E-state index in [2.05, 4.69) is 30.4 Å². The molecule has 0 unspecified atom stereocenters. The lowest BCUT2D eigenvalue weighted by molar-refractivity contribution is 0.439. The molecular formula is C14H20N6. The van der Waals surface area contributed by atoms with Crippen LogP contribution in [-0.2, 0) is 6.42 Å². The lowest BCUT2D eigenvalue weighted by atomic mass is 10.1. The van der Waals surface area contributed by atoms with Crippen molar-refractivity contribution in [2.24, 2.45) is 0 Å². The Morgan fingerprint density at radius 1 is 1.30 bits per heavy atom. The highest BCUT2D eigenvalue weighted by molar-refractivity contribution is 5.30. The van der Waals surface area contributed by atoms with Crippen LogP contribution in [0.2, 0.25) is 0 Å². The molecule has 1 aliphatic rings. The monoisotopic (exact) mass is 272 g/mol. The maximum absolute atomic E-state index is 4.60. The second kappa shape index (κ2) is 6.00. The van der Waals surface area contributed by atoms with Gasteiger partial charge in [-0.2, -0.15) is 4.98 Å². The van der Waals surface area contributed by atoms with Crippen molar-refractivity contribution in [2.45, 2.75) is 25.3 Å². The third-order valence-electron chi connectivity index (χ3n) is 3.83. The molecule has 2 aromatic heterocycles. The van der Waals surface area contributed by atoms with E-state index in [1.54, 1.807) is 12.4 Å². The number of aromatic amines is 1. The Morgan fingerprint density at radius 3 is 2.75 bits per heavy atom. The average Bonchev–Trinajstić information content (AvgIpc) is 2.97. The number of nitrogens with one attached hydrogen (secondary N) is 2. The molecule has 0 aliphatic carbocycles. The molecule has 20 heavy (non-hydrogen) atoms. The van der Waals surface area contributed by atoms with E-state index >= 15 is 0 Å². The highest BCUT2D eigenvalue weighted by atomic mass is 15.4. The fraction of sp³-hybridized carbons (Fsp3) is 0.500. The molecule has 0 spiro atoms. The number of nitrogens with zero attached hydrogens (tertiary/aromatic N) is 4. The lowest BCUT2D eigenvalue weighted by Gasteiger charge is -2.30. The van der Waals surface area contributed by atoms with Gasteiger partial charge in [0.05, 0.1) is 0 Å². The number of anilines is 1. The number of H-pyrrole nitrogens is 1. The quantitative estimate of drug-likeness (QED) is 0.868. The third kappa shape index (κ3) is 2.96. The molecular weight excluding hydrogens is 252 g/mol. The fourth-order valence-electron chi connectivity index (χ4n) is 2.57. The number of rotatable bonds is 4. The lowest BCUT2D eigenvalue weighted by Crippen LogP contribution is -2.41. The third-order valence-corrected chi connectivity index (χ3v) is 3.83. The van der Waals surface area contributed by atoms with Gasteiger partial charge in [-0.25, -0.2) is 0 Å². The normalized spacial score (nSPS) is 16.6. The highest BCUT2D eigenvalue weighted by Gasteiger charge is 2.20. The minimum Gasteiger partial charge on any atom is -0.339 e. The molecule has 2 aromatic rings. The minimum absolute atomic E-state index is 0.626. The maximum Gasteiger partial charge on any atom is 0.244 e. The zero-order valence-corrected chi connectivity index (χ0v) is 11.7. The van der Waals surface area contributed by atoms with Crippen LogP contribution in [0.4, 0.5) is 5.95 Å². The van der Waals surface area contributed by atoms with E-state index in [1.165, 1.54) is 5.56 Å². The highest BCUT2D eigenvalue weighted by Crippen LogP contribution is 2.16. The van der Waals surface area contributed by atoms with Gasteiger partial charge in [0.25, 0.3) is 0 Å². The summed E-state index contributed by atoms with van der Waals surface area (Å²) in [7, 11) is 2.03. The van der Waals surface area contributed by atoms with E-state index in [-0.39, 0.29) is 0 Å². The summed E-state index contributed by atoms with van der Waals surface area (Å²) in [5.74, 6) is 1.73. The standard InChI is InChI=1S/C14H20N6/c1-15-12-4-8-20(9-5-12)14-17-13(18-19-14)10-11-2-6-16-7-3-11/h2-3,6-7,12,15H,4-5,8-10H2,1H3,(H,17,18,19). The van der Waals surface area contributed by atoms with Gasteiger partial charge in [-0.05, 0) is 37.6 Å². The Morgan fingerprint density at radius 2 is 2.05 bits per heavy atom. The molecule has 0 bridgehead atoms. The Balaban J connectivity index is 1.62. The molecule has 1 aliphatic heterocycles. The van der Waals surface area contributed by atoms with Crippen LogP contribution in [0.1, 0.15) is 24.2 Å². The van der Waals surface area contributed by atoms with Crippen LogP contribution in [0.25, 0.3) is 0 Å². The molecule has 0 radical (unpaired) electrons. The zero-order valence-electron chi connectivity index (χ0n) is 11.7. The number of hydrogen-bond donors (Lipinski definition) is 2. The molecule has 3 rings (SSSR count). The van der Waals surface area contributed by atoms with E-state index in [0.717, 1.165) is 44.1 Å². The SMILES string of the molecule is CNC1CCN(c2n[nH]c(Cc3ccncc3)n2)CC1. The van der Waals surface area contributed by atoms with Crippen LogP contribution in [0, 0.1) is 0 Å². The fourth-order valence-corrected chi connectivity index (χ4v) is 2.57. The maximum atomic E-state index is 4.60. The topological polar surface area (TPSA) is 69.7 Å². The molecule has 2 N–H and O–H groups in total. The second-order valence-electron chi connectivity index (χ2n) is 5.16. The van der Waals surface area contributed by atoms with Crippen LogP contribution >= 0.6 is 0 Å². The first-order valence-electron chi connectivity index (χ1n) is 7.07. The van der Waals surface area contributed by atoms with E-state index < -0.39 is 0 Å². The van der Waals surface area contributed by atoms with Crippen molar-refractivity contribution in [3.63, 3.8) is 0 Å². The van der Waals surface area contributed by atoms with Gasteiger partial charge in [-0.15, -0.1) is 5.10 Å². The number of aromatic nitrogens is 4. The van der Waals surface area contributed by atoms with Gasteiger partial charge in [0, 0.05) is 37.9 Å². The van der Waals surface area contributed by atoms with Gasteiger partial charge in [0.2, 0.25) is 5.95 Å². The summed E-state index contributed by atoms with van der Waals surface area (Å²) in [6.45, 7) is 2.02. The summed E-state index contributed by atoms with van der Waals surface area (Å²) in [4.78, 5) is 10.9. The van der Waals surface area contributed by atoms with Crippen molar-refractivity contribution >= 4 is 5.95 Å². The van der Waals surface area contributed by atoms with E-state index in [0.29, 0.717) is 6.04 Å². The van der Waals surface area contributed by atoms with Crippen molar-refractivity contribution in [1.82, 2.24) is 25.5 Å². The predicted molar refractivity (Wildman–Crippen MR) is 77.7 cm³/mol. The van der Waals surface area contributed by atoms with Gasteiger partial charge < -0.3 is 10.2 Å². The van der Waals surface area contributed by atoms with E-state index in [9.17, 15) is 0 Å². The van der Waals surface area contributed by atoms with Crippen molar-refractivity contribution < 1.29 is 0 Å². The van der Waals surface area contributed by atoms with Crippen molar-refractivity contribution in [1.29, 1.82) is 0 Å². The molecule has 0 aromatic carbocycles. The minimum atomic E-state index is 0.626. The van der Waals surface area contributed by atoms with Crippen LogP contribution in [0.15, 0.2) is 24.5 Å². The largest absolute Gasteiger partial charge is 0.339 e. The second-order valence-corrected chi connectivity index (χ2v) is 5.16. The van der Waals surface area contributed by atoms with Gasteiger partial charge in [0.15, 0.2) is 0 Å². The summed E-state index contributed by atoms with van der Waals surface area (Å²) in [6.07, 6.45) is 6.65. The molecule has 0 atom stereocenters. The molecule has 0 saturated carbocycles. The first-order chi connectivity index (χ1) is 9.85. The van der Waals surface area contributed by atoms with Crippen molar-refractivity contribution in [3.8, 4) is 0 Å². The molecule has 1 saturated heterocycles. The van der Waals surface area contributed by atoms with Crippen LogP contribution in [-0.4, -0.2) is 46.3 Å². The van der Waals surface area contributed by atoms with Crippen LogP contribution in [0.3, 0.4) is 0 Å². The van der Waals surface area contributed by atoms with Crippen molar-refractivity contribution in [2.75, 3.05) is 25.0 Å². The van der Waals surface area contributed by atoms with Crippen LogP contribution in [0.5, 0.6) is 0 Å². The molecule has 106 valence electrons. The molecule has 0 amide bonds. The number of piperidine rings is 1. The predicted octanol–water partition coefficient (Wildman–Crippen LogP) is 0.979. The Hall–Kier alpha value is -1.95. The number of hydrogen-bond acceptors (Lipinski definition) is 5. The van der Waals surface area contributed by atoms with E-state index in [4.69, 9.17) is 0 Å². The summed E-state index contributed by atoms with van der Waals surface area (Å²) < 4.78 is 0. The molecule has 6 heteroatoms. The van der Waals surface area contributed by atoms with Gasteiger partial charge >= 0.3 is 0 Å². The summed E-state index contributed by atoms with van der Waals surface area (Å²) in [6, 6.07) is 4.63. The Kier molecular flexibility index (Phi) is 3.92. The summed E-state index contributed by atoms with van der Waals surface area (Å²) >= 11 is 0. The first-order valence-corrected chi connectivity index (χ1v) is 7.07. The summed E-state index contributed by atoms with van der Waals surface area (Å²) in [5, 5.41) is 10.7. The first kappa shape index (κ1) is 13.1. The van der Waals surface area contributed by atoms with Crippen molar-refractivity contribution in [3.05, 3.63) is 35.9 Å². The Bertz CT molecular complexity index is 530. The van der Waals surface area contributed by atoms with E-state index in [1.807, 2.05) is 19.2 Å². The molecule has 6 nitrogen and oxygen atoms in total. The molecule has 3 heterocycles. The van der Waals surface area contributed by atoms with Gasteiger partial charge in [-0.1, -0.05) is 0 Å². The number of pyridine rings is 1.